The van der Waals surface area contributed by atoms with Crippen LogP contribution in [0.1, 0.15) is 24.8 Å². The molecule has 1 aromatic carbocycles. The number of hydrogen-bond acceptors (Lipinski definition) is 4. The molecule has 1 aromatic rings. The van der Waals surface area contributed by atoms with Crippen LogP contribution >= 0.6 is 0 Å². The van der Waals surface area contributed by atoms with Crippen LogP contribution in [0.5, 0.6) is 0 Å². The number of benzene rings is 1. The maximum absolute atomic E-state index is 12.0. The fourth-order valence-corrected chi connectivity index (χ4v) is 4.38. The molecule has 1 fully saturated rings. The smallest absolute Gasteiger partial charge is 0.263 e. The number of nitrogens with one attached hydrogen (secondary N) is 1. The highest BCUT2D eigenvalue weighted by molar-refractivity contribution is 7.90. The first kappa shape index (κ1) is 13.6. The molecule has 0 spiro atoms. The van der Waals surface area contributed by atoms with Crippen molar-refractivity contribution in [3.05, 3.63) is 29.8 Å². The van der Waals surface area contributed by atoms with Crippen molar-refractivity contribution in [2.45, 2.75) is 24.2 Å². The summed E-state index contributed by atoms with van der Waals surface area (Å²) >= 11 is 0. The van der Waals surface area contributed by atoms with Gasteiger partial charge in [0.15, 0.2) is 0 Å². The Balaban J connectivity index is 1.84. The molecule has 2 atom stereocenters. The van der Waals surface area contributed by atoms with Crippen molar-refractivity contribution in [1.29, 1.82) is 0 Å². The predicted molar refractivity (Wildman–Crippen MR) is 78.1 cm³/mol. The van der Waals surface area contributed by atoms with Crippen LogP contribution in [0.15, 0.2) is 34.2 Å². The van der Waals surface area contributed by atoms with Crippen molar-refractivity contribution < 1.29 is 8.42 Å². The lowest BCUT2D eigenvalue weighted by atomic mass is 9.96. The number of nitrogens with zero attached hydrogens (tertiary/aromatic N) is 1. The van der Waals surface area contributed by atoms with E-state index in [-0.39, 0.29) is 0 Å². The second-order valence-electron chi connectivity index (χ2n) is 5.48. The summed E-state index contributed by atoms with van der Waals surface area (Å²) in [6, 6.07) is 6.96. The first-order chi connectivity index (χ1) is 9.62. The second-order valence-corrected chi connectivity index (χ2v) is 7.13. The lowest BCUT2D eigenvalue weighted by Crippen LogP contribution is -2.25. The van der Waals surface area contributed by atoms with Crippen LogP contribution in [0.3, 0.4) is 0 Å². The number of nitrogens with two attached hydrogens (primary N) is 1. The van der Waals surface area contributed by atoms with Gasteiger partial charge in [0.05, 0.1) is 4.90 Å². The maximum Gasteiger partial charge on any atom is 0.263 e. The van der Waals surface area contributed by atoms with Crippen LogP contribution in [0.2, 0.25) is 0 Å². The molecular weight excluding hydrogens is 274 g/mol. The van der Waals surface area contributed by atoms with Gasteiger partial charge in [0.1, 0.15) is 5.84 Å². The van der Waals surface area contributed by atoms with Gasteiger partial charge in [-0.1, -0.05) is 18.6 Å². The Hall–Kier alpha value is -1.40. The van der Waals surface area contributed by atoms with Crippen LogP contribution in [0.25, 0.3) is 0 Å². The summed E-state index contributed by atoms with van der Waals surface area (Å²) in [4.78, 5) is 4.83. The first-order valence-electron chi connectivity index (χ1n) is 6.98. The Bertz CT molecular complexity index is 640. The van der Waals surface area contributed by atoms with E-state index in [0.29, 0.717) is 41.2 Å². The number of aliphatic imine (C=N–C) groups is 1. The molecule has 0 radical (unpaired) electrons. The molecule has 1 saturated carbocycles. The summed E-state index contributed by atoms with van der Waals surface area (Å²) in [5.41, 5.74) is 6.44. The molecule has 2 unspecified atom stereocenters. The average molecular weight is 293 g/mol. The van der Waals surface area contributed by atoms with E-state index in [1.54, 1.807) is 18.2 Å². The Labute approximate surface area is 119 Å². The SMILES string of the molecule is NCC1CCCC1CN=C1NS(=O)(=O)c2ccccc21. The average Bonchev–Trinajstić information content (AvgIpc) is 3.00. The minimum Gasteiger partial charge on any atom is -0.330 e. The van der Waals surface area contributed by atoms with Crippen molar-refractivity contribution in [2.24, 2.45) is 22.6 Å². The van der Waals surface area contributed by atoms with E-state index in [0.717, 1.165) is 12.8 Å². The van der Waals surface area contributed by atoms with Gasteiger partial charge in [-0.05, 0) is 43.4 Å². The molecule has 1 aliphatic heterocycles. The Kier molecular flexibility index (Phi) is 3.52. The third-order valence-electron chi connectivity index (χ3n) is 4.27. The minimum atomic E-state index is -3.43. The quantitative estimate of drug-likeness (QED) is 0.875. The number of rotatable bonds is 3. The van der Waals surface area contributed by atoms with E-state index in [1.807, 2.05) is 6.07 Å². The zero-order valence-corrected chi connectivity index (χ0v) is 12.1. The lowest BCUT2D eigenvalue weighted by molar-refractivity contribution is 0.406. The number of sulfonamides is 1. The van der Waals surface area contributed by atoms with Gasteiger partial charge in [-0.3, -0.25) is 9.71 Å². The molecule has 3 rings (SSSR count). The molecule has 3 N–H and O–H groups in total. The molecule has 2 aliphatic rings. The van der Waals surface area contributed by atoms with Gasteiger partial charge < -0.3 is 5.73 Å². The fraction of sp³-hybridized carbons (Fsp3) is 0.500. The fourth-order valence-electron chi connectivity index (χ4n) is 3.12. The first-order valence-corrected chi connectivity index (χ1v) is 8.47. The van der Waals surface area contributed by atoms with Gasteiger partial charge in [0.2, 0.25) is 0 Å². The summed E-state index contributed by atoms with van der Waals surface area (Å²) in [6.45, 7) is 1.34. The van der Waals surface area contributed by atoms with E-state index in [9.17, 15) is 8.42 Å². The highest BCUT2D eigenvalue weighted by Crippen LogP contribution is 2.31. The van der Waals surface area contributed by atoms with E-state index in [4.69, 9.17) is 5.73 Å². The molecule has 0 aromatic heterocycles. The van der Waals surface area contributed by atoms with Gasteiger partial charge in [-0.2, -0.15) is 0 Å². The Morgan fingerprint density at radius 2 is 2.00 bits per heavy atom. The van der Waals surface area contributed by atoms with Crippen molar-refractivity contribution in [2.75, 3.05) is 13.1 Å². The molecule has 20 heavy (non-hydrogen) atoms. The topological polar surface area (TPSA) is 84.5 Å². The zero-order chi connectivity index (χ0) is 14.2. The molecule has 0 amide bonds. The van der Waals surface area contributed by atoms with Crippen LogP contribution < -0.4 is 10.5 Å². The lowest BCUT2D eigenvalue weighted by Gasteiger charge is -2.15. The van der Waals surface area contributed by atoms with Gasteiger partial charge in [0.25, 0.3) is 10.0 Å². The highest BCUT2D eigenvalue weighted by Gasteiger charge is 2.31. The second kappa shape index (κ2) is 5.18. The molecule has 0 saturated heterocycles. The van der Waals surface area contributed by atoms with Crippen LogP contribution in [-0.2, 0) is 10.0 Å². The van der Waals surface area contributed by atoms with E-state index >= 15 is 0 Å². The summed E-state index contributed by atoms with van der Waals surface area (Å²) in [6.07, 6.45) is 3.49. The summed E-state index contributed by atoms with van der Waals surface area (Å²) in [7, 11) is -3.43. The third-order valence-corrected chi connectivity index (χ3v) is 5.66. The Morgan fingerprint density at radius 3 is 2.80 bits per heavy atom. The van der Waals surface area contributed by atoms with Gasteiger partial charge >= 0.3 is 0 Å². The molecule has 108 valence electrons. The summed E-state index contributed by atoms with van der Waals surface area (Å²) < 4.78 is 26.5. The third kappa shape index (κ3) is 2.33. The van der Waals surface area contributed by atoms with Gasteiger partial charge in [-0.15, -0.1) is 0 Å². The molecular formula is C14H19N3O2S. The van der Waals surface area contributed by atoms with E-state index in [1.165, 1.54) is 6.42 Å². The van der Waals surface area contributed by atoms with Crippen molar-refractivity contribution in [3.8, 4) is 0 Å². The van der Waals surface area contributed by atoms with Gasteiger partial charge in [0, 0.05) is 12.1 Å². The largest absolute Gasteiger partial charge is 0.330 e. The summed E-state index contributed by atoms with van der Waals surface area (Å²) in [5, 5.41) is 0. The number of fused-ring (bicyclic) bond motifs is 1. The van der Waals surface area contributed by atoms with Crippen LogP contribution in [0.4, 0.5) is 0 Å². The normalized spacial score (nSPS) is 29.4. The zero-order valence-electron chi connectivity index (χ0n) is 11.2. The van der Waals surface area contributed by atoms with Crippen molar-refractivity contribution in [1.82, 2.24) is 4.72 Å². The van der Waals surface area contributed by atoms with Crippen LogP contribution in [0, 0.1) is 11.8 Å². The highest BCUT2D eigenvalue weighted by atomic mass is 32.2. The number of hydrogen-bond donors (Lipinski definition) is 2. The Morgan fingerprint density at radius 1 is 1.25 bits per heavy atom. The van der Waals surface area contributed by atoms with E-state index < -0.39 is 10.0 Å². The van der Waals surface area contributed by atoms with E-state index in [2.05, 4.69) is 9.71 Å². The van der Waals surface area contributed by atoms with Gasteiger partial charge in [-0.25, -0.2) is 8.42 Å². The number of amidine groups is 1. The van der Waals surface area contributed by atoms with Crippen molar-refractivity contribution in [3.63, 3.8) is 0 Å². The molecule has 1 aliphatic carbocycles. The molecule has 1 heterocycles. The molecule has 6 heteroatoms. The maximum atomic E-state index is 12.0. The predicted octanol–water partition coefficient (Wildman–Crippen LogP) is 1.10. The standard InChI is InChI=1S/C14H19N3O2S/c15-8-10-4-3-5-11(10)9-16-14-12-6-1-2-7-13(12)20(18,19)17-14/h1-2,6-7,10-11H,3-5,8-9,15H2,(H,16,17). The van der Waals surface area contributed by atoms with Crippen LogP contribution in [-0.4, -0.2) is 27.3 Å². The van der Waals surface area contributed by atoms with Crippen molar-refractivity contribution >= 4 is 15.9 Å². The minimum absolute atomic E-state index is 0.320. The molecule has 0 bridgehead atoms. The molecule has 5 nitrogen and oxygen atoms in total. The monoisotopic (exact) mass is 293 g/mol. The summed E-state index contributed by atoms with van der Waals surface area (Å²) in [5.74, 6) is 1.47.